The Morgan fingerprint density at radius 3 is 2.03 bits per heavy atom. The molecule has 0 aromatic carbocycles. The van der Waals surface area contributed by atoms with Crippen molar-refractivity contribution in [3.05, 3.63) is 10.4 Å². The Morgan fingerprint density at radius 1 is 1.16 bits per heavy atom. The van der Waals surface area contributed by atoms with Gasteiger partial charge in [0, 0.05) is 23.3 Å². The molecule has 1 aliphatic rings. The van der Waals surface area contributed by atoms with Crippen LogP contribution in [0.3, 0.4) is 0 Å². The number of ether oxygens (including phenoxy) is 3. The lowest BCUT2D eigenvalue weighted by Gasteiger charge is -2.44. The highest BCUT2D eigenvalue weighted by molar-refractivity contribution is 7.32. The second kappa shape index (κ2) is 15.7. The van der Waals surface area contributed by atoms with Gasteiger partial charge < -0.3 is 23.5 Å². The fraction of sp³-hybridized carbons (Fsp3) is 0.909. The standard InChI is InChI=1S/C16H28N3O9PSi.C6H15N/c1-10(20)25-12-8-16(18-19-17,28-29(22)23)27-13(14(12)26-11(2)21)9-24-30(6,7)15(3,4)5;1-4-7(5-2)6-3/h12-14H,8-9H2,1-7H3;4-6H2,1-3H3/p+1/t12-,13-,14+,16+;/m1./s1. The summed E-state index contributed by atoms with van der Waals surface area (Å²) < 4.78 is 38.6. The quantitative estimate of drug-likeness (QED) is 0.0926. The van der Waals surface area contributed by atoms with Crippen molar-refractivity contribution in [2.45, 2.75) is 104 Å². The van der Waals surface area contributed by atoms with E-state index < -0.39 is 59.2 Å². The normalized spacial score (nSPS) is 24.3. The van der Waals surface area contributed by atoms with Crippen LogP contribution in [0.4, 0.5) is 0 Å². The highest BCUT2D eigenvalue weighted by Gasteiger charge is 2.56. The summed E-state index contributed by atoms with van der Waals surface area (Å²) >= 11 is 0. The zero-order valence-electron chi connectivity index (χ0n) is 23.7. The third-order valence-corrected chi connectivity index (χ3v) is 11.3. The van der Waals surface area contributed by atoms with Gasteiger partial charge in [0.1, 0.15) is 12.2 Å². The smallest absolute Gasteiger partial charge is 0.458 e. The molecule has 1 N–H and O–H groups in total. The first-order valence-corrected chi connectivity index (χ1v) is 16.3. The van der Waals surface area contributed by atoms with E-state index >= 15 is 0 Å². The molecular weight excluding hydrogens is 523 g/mol. The Morgan fingerprint density at radius 2 is 1.68 bits per heavy atom. The molecule has 0 amide bonds. The highest BCUT2D eigenvalue weighted by atomic mass is 31.1. The maximum absolute atomic E-state index is 11.7. The van der Waals surface area contributed by atoms with Crippen molar-refractivity contribution >= 4 is 28.5 Å². The van der Waals surface area contributed by atoms with Gasteiger partial charge >= 0.3 is 26.1 Å². The Balaban J connectivity index is 0.00000161. The summed E-state index contributed by atoms with van der Waals surface area (Å²) in [5.74, 6) is -3.62. The first-order valence-electron chi connectivity index (χ1n) is 12.3. The average Bonchev–Trinajstić information content (AvgIpc) is 2.74. The van der Waals surface area contributed by atoms with Crippen LogP contribution < -0.4 is 0 Å². The van der Waals surface area contributed by atoms with Crippen molar-refractivity contribution in [1.82, 2.24) is 4.90 Å². The van der Waals surface area contributed by atoms with Gasteiger partial charge in [-0.05, 0) is 48.4 Å². The van der Waals surface area contributed by atoms with Gasteiger partial charge in [-0.3, -0.25) is 9.59 Å². The van der Waals surface area contributed by atoms with Crippen molar-refractivity contribution in [3.63, 3.8) is 0 Å². The van der Waals surface area contributed by atoms with E-state index in [-0.39, 0.29) is 11.6 Å². The third kappa shape index (κ3) is 12.2. The number of azide groups is 1. The molecule has 1 aliphatic heterocycles. The van der Waals surface area contributed by atoms with Crippen molar-refractivity contribution in [2.24, 2.45) is 5.11 Å². The van der Waals surface area contributed by atoms with Crippen LogP contribution in [-0.2, 0) is 37.3 Å². The van der Waals surface area contributed by atoms with Crippen LogP contribution in [-0.4, -0.2) is 80.5 Å². The molecule has 0 aromatic rings. The number of nitrogens with zero attached hydrogens (tertiary/aromatic N) is 4. The Kier molecular flexibility index (Phi) is 15.0. The molecule has 37 heavy (non-hydrogen) atoms. The summed E-state index contributed by atoms with van der Waals surface area (Å²) in [6, 6.07) is 0. The lowest BCUT2D eigenvalue weighted by molar-refractivity contribution is -0.293. The van der Waals surface area contributed by atoms with Crippen LogP contribution in [0.25, 0.3) is 10.4 Å². The van der Waals surface area contributed by atoms with Crippen molar-refractivity contribution in [3.8, 4) is 0 Å². The molecule has 0 bridgehead atoms. The first kappa shape index (κ1) is 35.4. The number of carbonyl (C=O) groups is 2. The molecule has 0 radical (unpaired) electrons. The van der Waals surface area contributed by atoms with Crippen LogP contribution >= 0.6 is 8.25 Å². The minimum Gasteiger partial charge on any atom is -0.458 e. The predicted octanol–water partition coefficient (Wildman–Crippen LogP) is 4.64. The molecule has 13 nitrogen and oxygen atoms in total. The van der Waals surface area contributed by atoms with E-state index in [0.29, 0.717) is 0 Å². The molecule has 1 rings (SSSR count). The molecule has 5 atom stereocenters. The second-order valence-electron chi connectivity index (χ2n) is 10.0. The van der Waals surface area contributed by atoms with E-state index in [0.717, 1.165) is 6.92 Å². The van der Waals surface area contributed by atoms with Crippen molar-refractivity contribution in [1.29, 1.82) is 0 Å². The van der Waals surface area contributed by atoms with Gasteiger partial charge in [0.25, 0.3) is 0 Å². The van der Waals surface area contributed by atoms with Gasteiger partial charge in [0.15, 0.2) is 14.4 Å². The van der Waals surface area contributed by atoms with Crippen LogP contribution in [0.1, 0.15) is 61.8 Å². The van der Waals surface area contributed by atoms with Crippen LogP contribution in [0.15, 0.2) is 5.11 Å². The molecule has 0 aromatic heterocycles. The summed E-state index contributed by atoms with van der Waals surface area (Å²) in [7, 11) is -5.53. The topological polar surface area (TPSA) is 170 Å². The molecule has 1 saturated heterocycles. The summed E-state index contributed by atoms with van der Waals surface area (Å²) in [6.45, 7) is 22.4. The molecule has 0 aliphatic carbocycles. The van der Waals surface area contributed by atoms with Crippen LogP contribution in [0.5, 0.6) is 0 Å². The van der Waals surface area contributed by atoms with E-state index in [4.69, 9.17) is 28.7 Å². The van der Waals surface area contributed by atoms with Gasteiger partial charge in [0.05, 0.1) is 13.0 Å². The van der Waals surface area contributed by atoms with E-state index in [1.165, 1.54) is 26.6 Å². The first-order chi connectivity index (χ1) is 17.0. The zero-order valence-corrected chi connectivity index (χ0v) is 25.6. The lowest BCUT2D eigenvalue weighted by Crippen LogP contribution is -2.59. The van der Waals surface area contributed by atoms with Crippen molar-refractivity contribution < 1.29 is 42.2 Å². The second-order valence-corrected chi connectivity index (χ2v) is 15.5. The fourth-order valence-electron chi connectivity index (χ4n) is 3.27. The number of carbonyl (C=O) groups excluding carboxylic acids is 2. The number of hydrogen-bond donors (Lipinski definition) is 1. The summed E-state index contributed by atoms with van der Waals surface area (Å²) in [5, 5.41) is 3.23. The van der Waals surface area contributed by atoms with Gasteiger partial charge in [-0.15, -0.1) is 4.89 Å². The van der Waals surface area contributed by atoms with E-state index in [1.54, 1.807) is 0 Å². The van der Waals surface area contributed by atoms with Crippen LogP contribution in [0, 0.1) is 0 Å². The van der Waals surface area contributed by atoms with Crippen LogP contribution in [0.2, 0.25) is 18.1 Å². The Labute approximate surface area is 221 Å². The molecular formula is C22H44N4O9PSi+. The Bertz CT molecular complexity index is 811. The molecule has 0 saturated carbocycles. The van der Waals surface area contributed by atoms with Crippen molar-refractivity contribution in [2.75, 3.05) is 26.2 Å². The largest absolute Gasteiger partial charge is 0.697 e. The minimum absolute atomic E-state index is 0.125. The van der Waals surface area contributed by atoms with E-state index in [2.05, 4.69) is 35.7 Å². The number of hydrogen-bond acceptors (Lipinski definition) is 10. The minimum atomic E-state index is -3.24. The molecule has 0 spiro atoms. The summed E-state index contributed by atoms with van der Waals surface area (Å²) in [4.78, 5) is 37.5. The molecule has 1 heterocycles. The van der Waals surface area contributed by atoms with E-state index in [9.17, 15) is 19.0 Å². The van der Waals surface area contributed by atoms with E-state index in [1.807, 2.05) is 33.9 Å². The summed E-state index contributed by atoms with van der Waals surface area (Å²) in [6.07, 6.45) is -3.86. The zero-order chi connectivity index (χ0) is 29.0. The number of rotatable bonds is 11. The van der Waals surface area contributed by atoms with Gasteiger partial charge in [0.2, 0.25) is 0 Å². The molecule has 15 heteroatoms. The molecule has 1 unspecified atom stereocenters. The maximum Gasteiger partial charge on any atom is 0.697 e. The van der Waals surface area contributed by atoms with Gasteiger partial charge in [-0.25, -0.2) is 0 Å². The lowest BCUT2D eigenvalue weighted by atomic mass is 9.99. The Hall–Kier alpha value is -1.63. The van der Waals surface area contributed by atoms with Gasteiger partial charge in [-0.1, -0.05) is 46.1 Å². The maximum atomic E-state index is 11.7. The SMILES string of the molecule is CC(=O)O[C@H]1[C@H](OC(C)=O)C[C@@](N=[N+]=[N-])(O[P+](=O)O)O[C@@H]1CO[Si](C)(C)C(C)(C)C.CCN(CC)CC. The predicted molar refractivity (Wildman–Crippen MR) is 140 cm³/mol. The molecule has 214 valence electrons. The molecule has 1 fully saturated rings. The third-order valence-electron chi connectivity index (χ3n) is 6.32. The monoisotopic (exact) mass is 567 g/mol. The summed E-state index contributed by atoms with van der Waals surface area (Å²) in [5.41, 5.74) is 8.93. The number of esters is 2. The highest BCUT2D eigenvalue weighted by Crippen LogP contribution is 2.42. The van der Waals surface area contributed by atoms with Gasteiger partial charge in [-0.2, -0.15) is 0 Å². The fourth-order valence-corrected chi connectivity index (χ4v) is 4.68. The average molecular weight is 568 g/mol.